The molecule has 0 radical (unpaired) electrons. The van der Waals surface area contributed by atoms with Crippen molar-refractivity contribution in [2.24, 2.45) is 5.92 Å². The molecule has 0 unspecified atom stereocenters. The Morgan fingerprint density at radius 3 is 2.45 bits per heavy atom. The van der Waals surface area contributed by atoms with E-state index in [0.29, 0.717) is 5.92 Å². The number of rotatable bonds is 2. The zero-order chi connectivity index (χ0) is 8.10. The molecular weight excluding hydrogens is 154 g/mol. The van der Waals surface area contributed by atoms with Crippen LogP contribution in [-0.4, -0.2) is 11.5 Å². The molecule has 0 N–H and O–H groups in total. The predicted octanol–water partition coefficient (Wildman–Crippen LogP) is 2.82. The summed E-state index contributed by atoms with van der Waals surface area (Å²) in [5.41, 5.74) is 0. The predicted molar refractivity (Wildman–Crippen MR) is 49.5 cm³/mol. The number of hydrogen-bond donors (Lipinski definition) is 0. The van der Waals surface area contributed by atoms with Crippen molar-refractivity contribution in [3.63, 3.8) is 0 Å². The van der Waals surface area contributed by atoms with Crippen LogP contribution in [0.25, 0.3) is 0 Å². The van der Waals surface area contributed by atoms with Crippen molar-refractivity contribution in [2.45, 2.75) is 37.4 Å². The van der Waals surface area contributed by atoms with Gasteiger partial charge in [-0.1, -0.05) is 0 Å². The second-order valence-electron chi connectivity index (χ2n) is 3.24. The van der Waals surface area contributed by atoms with Crippen LogP contribution in [0.1, 0.15) is 32.1 Å². The Bertz CT molecular complexity index is 142. The van der Waals surface area contributed by atoms with Crippen LogP contribution in [-0.2, 0) is 0 Å². The minimum atomic E-state index is 0.711. The maximum absolute atomic E-state index is 8.49. The van der Waals surface area contributed by atoms with Crippen molar-refractivity contribution in [2.75, 3.05) is 6.26 Å². The van der Waals surface area contributed by atoms with Gasteiger partial charge in [0, 0.05) is 11.7 Å². The van der Waals surface area contributed by atoms with Crippen LogP contribution in [0.5, 0.6) is 0 Å². The largest absolute Gasteiger partial charge is 0.198 e. The van der Waals surface area contributed by atoms with Crippen molar-refractivity contribution in [3.05, 3.63) is 0 Å². The van der Waals surface area contributed by atoms with Crippen molar-refractivity contribution in [3.8, 4) is 6.07 Å². The summed E-state index contributed by atoms with van der Waals surface area (Å²) in [6.45, 7) is 0. The Balaban J connectivity index is 2.20. The first-order valence-electron chi connectivity index (χ1n) is 4.26. The van der Waals surface area contributed by atoms with Crippen LogP contribution in [0.2, 0.25) is 0 Å². The number of thioether (sulfide) groups is 1. The van der Waals surface area contributed by atoms with Gasteiger partial charge in [0.15, 0.2) is 0 Å². The highest BCUT2D eigenvalue weighted by Gasteiger charge is 2.19. The maximum atomic E-state index is 8.49. The van der Waals surface area contributed by atoms with E-state index < -0.39 is 0 Å². The van der Waals surface area contributed by atoms with E-state index in [1.54, 1.807) is 0 Å². The molecule has 0 aliphatic heterocycles. The molecule has 1 aliphatic carbocycles. The quantitative estimate of drug-likeness (QED) is 0.634. The normalized spacial score (nSPS) is 31.3. The monoisotopic (exact) mass is 169 g/mol. The van der Waals surface area contributed by atoms with Gasteiger partial charge in [0.2, 0.25) is 0 Å². The second kappa shape index (κ2) is 4.66. The molecule has 1 saturated carbocycles. The van der Waals surface area contributed by atoms with Crippen molar-refractivity contribution < 1.29 is 0 Å². The summed E-state index contributed by atoms with van der Waals surface area (Å²) in [7, 11) is 0. The summed E-state index contributed by atoms with van der Waals surface area (Å²) in [6, 6.07) is 2.26. The van der Waals surface area contributed by atoms with Gasteiger partial charge in [-0.05, 0) is 37.9 Å². The van der Waals surface area contributed by atoms with Gasteiger partial charge in [0.25, 0.3) is 0 Å². The summed E-state index contributed by atoms with van der Waals surface area (Å²) in [5.74, 6) is 0.711. The highest BCUT2D eigenvalue weighted by molar-refractivity contribution is 7.99. The van der Waals surface area contributed by atoms with E-state index in [1.165, 1.54) is 25.7 Å². The highest BCUT2D eigenvalue weighted by atomic mass is 32.2. The first-order chi connectivity index (χ1) is 5.36. The molecule has 0 saturated heterocycles. The van der Waals surface area contributed by atoms with Crippen LogP contribution in [0, 0.1) is 17.2 Å². The van der Waals surface area contributed by atoms with Crippen LogP contribution in [0.3, 0.4) is 0 Å². The van der Waals surface area contributed by atoms with Gasteiger partial charge >= 0.3 is 0 Å². The molecule has 0 spiro atoms. The van der Waals surface area contributed by atoms with E-state index in [1.807, 2.05) is 11.8 Å². The molecule has 0 bridgehead atoms. The van der Waals surface area contributed by atoms with Crippen LogP contribution >= 0.6 is 11.8 Å². The molecule has 0 heterocycles. The molecule has 62 valence electrons. The van der Waals surface area contributed by atoms with Crippen molar-refractivity contribution in [1.29, 1.82) is 5.26 Å². The first kappa shape index (κ1) is 8.93. The lowest BCUT2D eigenvalue weighted by atomic mass is 9.87. The first-order valence-corrected chi connectivity index (χ1v) is 5.55. The zero-order valence-corrected chi connectivity index (χ0v) is 7.86. The van der Waals surface area contributed by atoms with E-state index in [9.17, 15) is 0 Å². The molecule has 1 rings (SSSR count). The molecule has 2 heteroatoms. The van der Waals surface area contributed by atoms with Crippen LogP contribution in [0.15, 0.2) is 0 Å². The molecule has 0 atom stereocenters. The SMILES string of the molecule is CSC1CCC(CC#N)CC1. The zero-order valence-electron chi connectivity index (χ0n) is 7.05. The van der Waals surface area contributed by atoms with Gasteiger partial charge in [-0.2, -0.15) is 17.0 Å². The summed E-state index contributed by atoms with van der Waals surface area (Å²) >= 11 is 1.98. The summed E-state index contributed by atoms with van der Waals surface area (Å²) in [4.78, 5) is 0. The number of nitrogens with zero attached hydrogens (tertiary/aromatic N) is 1. The minimum Gasteiger partial charge on any atom is -0.198 e. The average molecular weight is 169 g/mol. The van der Waals surface area contributed by atoms with E-state index in [2.05, 4.69) is 12.3 Å². The van der Waals surface area contributed by atoms with E-state index in [-0.39, 0.29) is 0 Å². The lowest BCUT2D eigenvalue weighted by molar-refractivity contribution is 0.371. The minimum absolute atomic E-state index is 0.711. The van der Waals surface area contributed by atoms with E-state index in [4.69, 9.17) is 5.26 Å². The summed E-state index contributed by atoms with van der Waals surface area (Å²) in [6.07, 6.45) is 8.18. The Morgan fingerprint density at radius 2 is 2.00 bits per heavy atom. The van der Waals surface area contributed by atoms with Crippen LogP contribution < -0.4 is 0 Å². The topological polar surface area (TPSA) is 23.8 Å². The third-order valence-electron chi connectivity index (χ3n) is 2.51. The van der Waals surface area contributed by atoms with Crippen molar-refractivity contribution >= 4 is 11.8 Å². The Morgan fingerprint density at radius 1 is 1.36 bits per heavy atom. The Kier molecular flexibility index (Phi) is 3.79. The van der Waals surface area contributed by atoms with E-state index >= 15 is 0 Å². The molecule has 11 heavy (non-hydrogen) atoms. The molecule has 0 aromatic rings. The van der Waals surface area contributed by atoms with Gasteiger partial charge < -0.3 is 0 Å². The lowest BCUT2D eigenvalue weighted by Gasteiger charge is -2.25. The third kappa shape index (κ3) is 2.75. The van der Waals surface area contributed by atoms with Gasteiger partial charge in [-0.3, -0.25) is 0 Å². The fourth-order valence-corrected chi connectivity index (χ4v) is 2.44. The fourth-order valence-electron chi connectivity index (χ4n) is 1.70. The molecule has 1 nitrogen and oxygen atoms in total. The Labute approximate surface area is 73.2 Å². The highest BCUT2D eigenvalue weighted by Crippen LogP contribution is 2.31. The fraction of sp³-hybridized carbons (Fsp3) is 0.889. The molecule has 0 aromatic heterocycles. The molecule has 1 aliphatic rings. The van der Waals surface area contributed by atoms with Gasteiger partial charge in [0.1, 0.15) is 0 Å². The molecule has 0 amide bonds. The van der Waals surface area contributed by atoms with Gasteiger partial charge in [-0.25, -0.2) is 0 Å². The van der Waals surface area contributed by atoms with Gasteiger partial charge in [0.05, 0.1) is 6.07 Å². The standard InChI is InChI=1S/C9H15NS/c1-11-9-4-2-8(3-5-9)6-7-10/h8-9H,2-6H2,1H3. The van der Waals surface area contributed by atoms with E-state index in [0.717, 1.165) is 11.7 Å². The van der Waals surface area contributed by atoms with Gasteiger partial charge in [-0.15, -0.1) is 0 Å². The summed E-state index contributed by atoms with van der Waals surface area (Å²) in [5, 5.41) is 9.37. The third-order valence-corrected chi connectivity index (χ3v) is 3.65. The summed E-state index contributed by atoms with van der Waals surface area (Å²) < 4.78 is 0. The number of nitriles is 1. The lowest BCUT2D eigenvalue weighted by Crippen LogP contribution is -2.15. The molecular formula is C9H15NS. The smallest absolute Gasteiger partial charge is 0.0624 e. The Hall–Kier alpha value is -0.160. The maximum Gasteiger partial charge on any atom is 0.0624 e. The van der Waals surface area contributed by atoms with Crippen LogP contribution in [0.4, 0.5) is 0 Å². The molecule has 1 fully saturated rings. The second-order valence-corrected chi connectivity index (χ2v) is 4.38. The average Bonchev–Trinajstić information content (AvgIpc) is 2.07. The van der Waals surface area contributed by atoms with Crippen molar-refractivity contribution in [1.82, 2.24) is 0 Å². The number of hydrogen-bond acceptors (Lipinski definition) is 2. The molecule has 0 aromatic carbocycles.